The number of H-pyrrole nitrogens is 2. The van der Waals surface area contributed by atoms with Gasteiger partial charge in [0.1, 0.15) is 0 Å². The van der Waals surface area contributed by atoms with Crippen LogP contribution in [0.5, 0.6) is 0 Å². The number of rotatable bonds is 6. The lowest BCUT2D eigenvalue weighted by Crippen LogP contribution is -2.13. The van der Waals surface area contributed by atoms with E-state index in [1.807, 2.05) is 55.5 Å². The van der Waals surface area contributed by atoms with Crippen molar-refractivity contribution >= 4 is 40.4 Å². The van der Waals surface area contributed by atoms with E-state index in [0.717, 1.165) is 27.9 Å². The van der Waals surface area contributed by atoms with Crippen LogP contribution in [0.15, 0.2) is 78.9 Å². The molecule has 34 heavy (non-hydrogen) atoms. The zero-order valence-corrected chi connectivity index (χ0v) is 18.4. The van der Waals surface area contributed by atoms with Gasteiger partial charge in [-0.1, -0.05) is 54.6 Å². The number of carbonyl (C=O) groups excluding carboxylic acids is 2. The first-order valence-corrected chi connectivity index (χ1v) is 10.8. The molecule has 0 aliphatic heterocycles. The molecule has 2 aromatic heterocycles. The number of ketones is 1. The van der Waals surface area contributed by atoms with Gasteiger partial charge in [0.2, 0.25) is 0 Å². The molecule has 0 fully saturated rings. The van der Waals surface area contributed by atoms with Crippen LogP contribution < -0.4 is 5.32 Å². The lowest BCUT2D eigenvalue weighted by atomic mass is 10.0. The Morgan fingerprint density at radius 3 is 2.44 bits per heavy atom. The molecule has 0 atom stereocenters. The molecule has 0 unspecified atom stereocenters. The number of aryl methyl sites for hydroxylation is 1. The van der Waals surface area contributed by atoms with E-state index < -0.39 is 0 Å². The van der Waals surface area contributed by atoms with Crippen LogP contribution in [0.4, 0.5) is 5.69 Å². The van der Waals surface area contributed by atoms with Crippen molar-refractivity contribution < 1.29 is 9.59 Å². The quantitative estimate of drug-likeness (QED) is 0.309. The number of carbonyl (C=O) groups is 2. The summed E-state index contributed by atoms with van der Waals surface area (Å²) >= 11 is 0. The second-order valence-electron chi connectivity index (χ2n) is 7.91. The van der Waals surface area contributed by atoms with E-state index in [1.54, 1.807) is 42.5 Å². The number of hydrogen-bond acceptors (Lipinski definition) is 4. The van der Waals surface area contributed by atoms with E-state index in [9.17, 15) is 9.59 Å². The van der Waals surface area contributed by atoms with Gasteiger partial charge in [0.15, 0.2) is 11.5 Å². The molecule has 166 valence electrons. The number of aromatic nitrogens is 4. The summed E-state index contributed by atoms with van der Waals surface area (Å²) in [5.74, 6) is -0.492. The van der Waals surface area contributed by atoms with E-state index in [4.69, 9.17) is 0 Å². The van der Waals surface area contributed by atoms with Crippen LogP contribution >= 0.6 is 0 Å². The summed E-state index contributed by atoms with van der Waals surface area (Å²) < 4.78 is 0. The smallest absolute Gasteiger partial charge is 0.276 e. The van der Waals surface area contributed by atoms with Gasteiger partial charge in [0.25, 0.3) is 5.91 Å². The summed E-state index contributed by atoms with van der Waals surface area (Å²) in [5.41, 5.74) is 5.26. The highest BCUT2D eigenvalue weighted by Crippen LogP contribution is 2.22. The van der Waals surface area contributed by atoms with Gasteiger partial charge in [0.05, 0.1) is 11.2 Å². The molecule has 7 nitrogen and oxygen atoms in total. The molecule has 0 radical (unpaired) electrons. The van der Waals surface area contributed by atoms with Crippen molar-refractivity contribution in [2.24, 2.45) is 0 Å². The lowest BCUT2D eigenvalue weighted by Gasteiger charge is -2.06. The van der Waals surface area contributed by atoms with Crippen LogP contribution in [-0.4, -0.2) is 32.1 Å². The molecule has 0 saturated carbocycles. The number of anilines is 1. The van der Waals surface area contributed by atoms with E-state index in [2.05, 4.69) is 25.7 Å². The van der Waals surface area contributed by atoms with Crippen molar-refractivity contribution in [1.29, 1.82) is 0 Å². The highest BCUT2D eigenvalue weighted by molar-refractivity contribution is 6.11. The molecular weight excluding hydrogens is 426 g/mol. The third-order valence-corrected chi connectivity index (χ3v) is 5.41. The highest BCUT2D eigenvalue weighted by Gasteiger charge is 2.14. The summed E-state index contributed by atoms with van der Waals surface area (Å²) in [4.78, 5) is 25.5. The summed E-state index contributed by atoms with van der Waals surface area (Å²) in [6.07, 6.45) is 3.95. The third-order valence-electron chi connectivity index (χ3n) is 5.41. The average Bonchev–Trinajstić information content (AvgIpc) is 3.49. The summed E-state index contributed by atoms with van der Waals surface area (Å²) in [6.45, 7) is 1.82. The summed E-state index contributed by atoms with van der Waals surface area (Å²) in [5, 5.41) is 17.8. The number of aromatic amines is 2. The molecule has 7 heteroatoms. The number of benzene rings is 3. The molecule has 3 N–H and O–H groups in total. The van der Waals surface area contributed by atoms with E-state index in [0.29, 0.717) is 16.8 Å². The van der Waals surface area contributed by atoms with Crippen molar-refractivity contribution in [3.63, 3.8) is 0 Å². The fourth-order valence-electron chi connectivity index (χ4n) is 3.68. The molecule has 1 amide bonds. The van der Waals surface area contributed by atoms with Crippen molar-refractivity contribution in [3.8, 4) is 0 Å². The van der Waals surface area contributed by atoms with Gasteiger partial charge >= 0.3 is 0 Å². The predicted molar refractivity (Wildman–Crippen MR) is 133 cm³/mol. The molecule has 0 bridgehead atoms. The fourth-order valence-corrected chi connectivity index (χ4v) is 3.68. The minimum Gasteiger partial charge on any atom is -0.321 e. The Balaban J connectivity index is 1.36. The van der Waals surface area contributed by atoms with E-state index >= 15 is 0 Å². The van der Waals surface area contributed by atoms with Gasteiger partial charge < -0.3 is 5.32 Å². The van der Waals surface area contributed by atoms with Crippen molar-refractivity contribution in [3.05, 3.63) is 113 Å². The Morgan fingerprint density at radius 1 is 0.824 bits per heavy atom. The zero-order valence-electron chi connectivity index (χ0n) is 18.4. The van der Waals surface area contributed by atoms with Gasteiger partial charge in [-0.2, -0.15) is 10.2 Å². The predicted octanol–water partition coefficient (Wildman–Crippen LogP) is 5.25. The molecular formula is C27H21N5O2. The third kappa shape index (κ3) is 4.40. The topological polar surface area (TPSA) is 104 Å². The first-order chi connectivity index (χ1) is 16.6. The second kappa shape index (κ2) is 8.99. The van der Waals surface area contributed by atoms with Crippen molar-refractivity contribution in [1.82, 2.24) is 20.4 Å². The molecule has 3 aromatic carbocycles. The summed E-state index contributed by atoms with van der Waals surface area (Å²) in [7, 11) is 0. The first kappa shape index (κ1) is 21.1. The molecule has 0 aliphatic carbocycles. The Bertz CT molecular complexity index is 1530. The van der Waals surface area contributed by atoms with Crippen molar-refractivity contribution in [2.45, 2.75) is 6.92 Å². The van der Waals surface area contributed by atoms with Gasteiger partial charge in [0, 0.05) is 27.9 Å². The van der Waals surface area contributed by atoms with Crippen LogP contribution in [0.3, 0.4) is 0 Å². The minimum absolute atomic E-state index is 0.149. The first-order valence-electron chi connectivity index (χ1n) is 10.8. The number of fused-ring (bicyclic) bond motifs is 1. The minimum atomic E-state index is -0.344. The van der Waals surface area contributed by atoms with E-state index in [-0.39, 0.29) is 17.4 Å². The zero-order chi connectivity index (χ0) is 23.5. The molecule has 5 rings (SSSR count). The monoisotopic (exact) mass is 447 g/mol. The van der Waals surface area contributed by atoms with Crippen LogP contribution in [-0.2, 0) is 0 Å². The molecule has 2 heterocycles. The SMILES string of the molecule is Cc1cc(C(=O)Nc2cccc(C(=O)c3ccc4c(/C=C/c5ccccc5)n[nH]c4c3)c2)n[nH]1. The average molecular weight is 447 g/mol. The maximum Gasteiger partial charge on any atom is 0.276 e. The molecule has 0 saturated heterocycles. The number of nitrogens with one attached hydrogen (secondary N) is 3. The highest BCUT2D eigenvalue weighted by atomic mass is 16.2. The molecule has 5 aromatic rings. The van der Waals surface area contributed by atoms with Gasteiger partial charge in [-0.05, 0) is 48.9 Å². The Kier molecular flexibility index (Phi) is 5.58. The van der Waals surface area contributed by atoms with Crippen LogP contribution in [0, 0.1) is 6.92 Å². The van der Waals surface area contributed by atoms with Crippen LogP contribution in [0.1, 0.15) is 43.4 Å². The Labute approximate surface area is 195 Å². The number of hydrogen-bond donors (Lipinski definition) is 3. The maximum absolute atomic E-state index is 13.1. The molecule has 0 spiro atoms. The van der Waals surface area contributed by atoms with E-state index in [1.165, 1.54) is 0 Å². The van der Waals surface area contributed by atoms with Crippen LogP contribution in [0.2, 0.25) is 0 Å². The van der Waals surface area contributed by atoms with Crippen LogP contribution in [0.25, 0.3) is 23.1 Å². The molecule has 0 aliphatic rings. The van der Waals surface area contributed by atoms with Crippen molar-refractivity contribution in [2.75, 3.05) is 5.32 Å². The maximum atomic E-state index is 13.1. The number of amides is 1. The lowest BCUT2D eigenvalue weighted by molar-refractivity contribution is 0.101. The fraction of sp³-hybridized carbons (Fsp3) is 0.0370. The van der Waals surface area contributed by atoms with Gasteiger partial charge in [-0.3, -0.25) is 19.8 Å². The number of nitrogens with zero attached hydrogens (tertiary/aromatic N) is 2. The summed E-state index contributed by atoms with van der Waals surface area (Å²) in [6, 6.07) is 24.0. The van der Waals surface area contributed by atoms with Gasteiger partial charge in [-0.15, -0.1) is 0 Å². The Hall–Kier alpha value is -4.78. The Morgan fingerprint density at radius 2 is 1.65 bits per heavy atom. The standard InChI is InChI=1S/C27H21N5O2/c1-17-14-25(32-29-17)27(34)28-21-9-5-8-19(15-21)26(33)20-11-12-22-23(30-31-24(22)16-20)13-10-18-6-3-2-4-7-18/h2-16H,1H3,(H,28,34)(H,29,32)(H,30,31)/b13-10+. The largest absolute Gasteiger partial charge is 0.321 e. The second-order valence-corrected chi connectivity index (χ2v) is 7.91. The normalized spacial score (nSPS) is 11.2. The van der Waals surface area contributed by atoms with Gasteiger partial charge in [-0.25, -0.2) is 0 Å².